The predicted molar refractivity (Wildman–Crippen MR) is 68.5 cm³/mol. The van der Waals surface area contributed by atoms with Gasteiger partial charge in [-0.05, 0) is 30.7 Å². The van der Waals surface area contributed by atoms with Gasteiger partial charge in [0.15, 0.2) is 0 Å². The summed E-state index contributed by atoms with van der Waals surface area (Å²) in [6, 6.07) is 5.67. The fourth-order valence-corrected chi connectivity index (χ4v) is 1.69. The van der Waals surface area contributed by atoms with Crippen LogP contribution in [0.5, 0.6) is 5.75 Å². The van der Waals surface area contributed by atoms with Crippen molar-refractivity contribution >= 4 is 5.69 Å². The van der Waals surface area contributed by atoms with E-state index in [2.05, 4.69) is 15.0 Å². The van der Waals surface area contributed by atoms with Crippen molar-refractivity contribution in [3.8, 4) is 5.75 Å². The normalized spacial score (nSPS) is 11.3. The van der Waals surface area contributed by atoms with Crippen molar-refractivity contribution in [2.24, 2.45) is 0 Å². The van der Waals surface area contributed by atoms with E-state index in [4.69, 9.17) is 0 Å². The number of nitrogens with zero attached hydrogens (tertiary/aromatic N) is 2. The average molecular weight is 285 g/mol. The molecule has 0 aliphatic carbocycles. The van der Waals surface area contributed by atoms with E-state index in [0.29, 0.717) is 0 Å². The average Bonchev–Trinajstić information content (AvgIpc) is 2.88. The van der Waals surface area contributed by atoms with Gasteiger partial charge in [0.05, 0.1) is 6.33 Å². The molecular formula is C13H14F3N3O. The van der Waals surface area contributed by atoms with Crippen molar-refractivity contribution in [1.82, 2.24) is 9.55 Å². The molecule has 0 fully saturated rings. The van der Waals surface area contributed by atoms with Crippen LogP contribution in [0.1, 0.15) is 6.42 Å². The van der Waals surface area contributed by atoms with Crippen LogP contribution in [-0.2, 0) is 6.54 Å². The monoisotopic (exact) mass is 285 g/mol. The first-order valence-corrected chi connectivity index (χ1v) is 6.08. The van der Waals surface area contributed by atoms with Crippen LogP contribution in [0.2, 0.25) is 0 Å². The van der Waals surface area contributed by atoms with Gasteiger partial charge in [-0.25, -0.2) is 4.98 Å². The predicted octanol–water partition coefficient (Wildman–Crippen LogP) is 3.28. The maximum atomic E-state index is 12.0. The first-order chi connectivity index (χ1) is 9.53. The van der Waals surface area contributed by atoms with E-state index in [-0.39, 0.29) is 5.75 Å². The number of halogens is 3. The van der Waals surface area contributed by atoms with Crippen LogP contribution in [0.4, 0.5) is 18.9 Å². The molecule has 1 aromatic carbocycles. The molecule has 0 saturated heterocycles. The fraction of sp³-hybridized carbons (Fsp3) is 0.308. The number of anilines is 1. The molecule has 1 N–H and O–H groups in total. The molecule has 1 heterocycles. The van der Waals surface area contributed by atoms with E-state index < -0.39 is 6.36 Å². The van der Waals surface area contributed by atoms with Crippen molar-refractivity contribution in [1.29, 1.82) is 0 Å². The number of aromatic nitrogens is 2. The second-order valence-corrected chi connectivity index (χ2v) is 4.15. The molecule has 0 saturated carbocycles. The molecule has 0 atom stereocenters. The number of rotatable bonds is 6. The van der Waals surface area contributed by atoms with Crippen LogP contribution < -0.4 is 10.1 Å². The van der Waals surface area contributed by atoms with Gasteiger partial charge >= 0.3 is 6.36 Å². The Labute approximate surface area is 114 Å². The maximum absolute atomic E-state index is 12.0. The number of imidazole rings is 1. The Morgan fingerprint density at radius 3 is 2.55 bits per heavy atom. The standard InChI is InChI=1S/C13H14F3N3O/c14-13(15,16)20-12-4-2-11(3-5-12)18-6-1-8-19-9-7-17-10-19/h2-5,7,9-10,18H,1,6,8H2. The Balaban J connectivity index is 1.73. The van der Waals surface area contributed by atoms with E-state index in [9.17, 15) is 13.2 Å². The molecule has 2 aromatic rings. The second kappa shape index (κ2) is 6.31. The summed E-state index contributed by atoms with van der Waals surface area (Å²) >= 11 is 0. The first kappa shape index (κ1) is 14.2. The zero-order valence-corrected chi connectivity index (χ0v) is 10.6. The van der Waals surface area contributed by atoms with Crippen LogP contribution >= 0.6 is 0 Å². The SMILES string of the molecule is FC(F)(F)Oc1ccc(NCCCn2ccnc2)cc1. The molecule has 20 heavy (non-hydrogen) atoms. The van der Waals surface area contributed by atoms with Crippen LogP contribution in [-0.4, -0.2) is 22.5 Å². The summed E-state index contributed by atoms with van der Waals surface area (Å²) in [5, 5.41) is 3.13. The molecule has 0 unspecified atom stereocenters. The highest BCUT2D eigenvalue weighted by molar-refractivity contribution is 5.46. The topological polar surface area (TPSA) is 39.1 Å². The Bertz CT molecular complexity index is 509. The van der Waals surface area contributed by atoms with Crippen molar-refractivity contribution in [2.75, 3.05) is 11.9 Å². The molecule has 0 aliphatic heterocycles. The van der Waals surface area contributed by atoms with Gasteiger partial charge in [0, 0.05) is 31.2 Å². The van der Waals surface area contributed by atoms with Gasteiger partial charge in [0.2, 0.25) is 0 Å². The third-order valence-corrected chi connectivity index (χ3v) is 2.57. The van der Waals surface area contributed by atoms with Gasteiger partial charge in [-0.15, -0.1) is 13.2 Å². The molecule has 0 spiro atoms. The Morgan fingerprint density at radius 2 is 1.95 bits per heavy atom. The molecule has 0 radical (unpaired) electrons. The molecular weight excluding hydrogens is 271 g/mol. The number of benzene rings is 1. The Morgan fingerprint density at radius 1 is 1.20 bits per heavy atom. The molecule has 7 heteroatoms. The highest BCUT2D eigenvalue weighted by Crippen LogP contribution is 2.23. The summed E-state index contributed by atoms with van der Waals surface area (Å²) in [7, 11) is 0. The van der Waals surface area contributed by atoms with Gasteiger partial charge in [-0.3, -0.25) is 0 Å². The number of hydrogen-bond acceptors (Lipinski definition) is 3. The molecule has 2 rings (SSSR count). The van der Waals surface area contributed by atoms with Crippen LogP contribution in [0.3, 0.4) is 0 Å². The third-order valence-electron chi connectivity index (χ3n) is 2.57. The van der Waals surface area contributed by atoms with Gasteiger partial charge in [0.25, 0.3) is 0 Å². The van der Waals surface area contributed by atoms with E-state index in [0.717, 1.165) is 25.2 Å². The van der Waals surface area contributed by atoms with E-state index >= 15 is 0 Å². The van der Waals surface area contributed by atoms with Crippen LogP contribution in [0.15, 0.2) is 43.0 Å². The number of hydrogen-bond donors (Lipinski definition) is 1. The maximum Gasteiger partial charge on any atom is 0.573 e. The number of aryl methyl sites for hydroxylation is 1. The van der Waals surface area contributed by atoms with Crippen molar-refractivity contribution in [2.45, 2.75) is 19.3 Å². The summed E-state index contributed by atoms with van der Waals surface area (Å²) in [6.07, 6.45) is 1.57. The molecule has 0 aliphatic rings. The van der Waals surface area contributed by atoms with Gasteiger partial charge in [0.1, 0.15) is 5.75 Å². The quantitative estimate of drug-likeness (QED) is 0.828. The van der Waals surface area contributed by atoms with Crippen molar-refractivity contribution in [3.63, 3.8) is 0 Å². The summed E-state index contributed by atoms with van der Waals surface area (Å²) < 4.78 is 41.7. The number of ether oxygens (including phenoxy) is 1. The highest BCUT2D eigenvalue weighted by atomic mass is 19.4. The first-order valence-electron chi connectivity index (χ1n) is 6.08. The van der Waals surface area contributed by atoms with Crippen LogP contribution in [0.25, 0.3) is 0 Å². The number of alkyl halides is 3. The summed E-state index contributed by atoms with van der Waals surface area (Å²) in [5.41, 5.74) is 0.755. The minimum absolute atomic E-state index is 0.221. The lowest BCUT2D eigenvalue weighted by Crippen LogP contribution is -2.17. The molecule has 4 nitrogen and oxygen atoms in total. The minimum Gasteiger partial charge on any atom is -0.406 e. The summed E-state index contributed by atoms with van der Waals surface area (Å²) in [4.78, 5) is 3.93. The zero-order chi connectivity index (χ0) is 14.4. The van der Waals surface area contributed by atoms with E-state index in [1.165, 1.54) is 12.1 Å². The lowest BCUT2D eigenvalue weighted by atomic mass is 10.3. The Hall–Kier alpha value is -2.18. The molecule has 1 aromatic heterocycles. The molecule has 0 amide bonds. The highest BCUT2D eigenvalue weighted by Gasteiger charge is 2.30. The lowest BCUT2D eigenvalue weighted by Gasteiger charge is -2.10. The van der Waals surface area contributed by atoms with Crippen LogP contribution in [0, 0.1) is 0 Å². The molecule has 0 bridgehead atoms. The summed E-state index contributed by atoms with van der Waals surface area (Å²) in [5.74, 6) is -0.221. The molecule has 108 valence electrons. The van der Waals surface area contributed by atoms with Crippen molar-refractivity contribution < 1.29 is 17.9 Å². The Kier molecular flexibility index (Phi) is 4.49. The second-order valence-electron chi connectivity index (χ2n) is 4.15. The smallest absolute Gasteiger partial charge is 0.406 e. The third kappa shape index (κ3) is 4.83. The minimum atomic E-state index is -4.65. The van der Waals surface area contributed by atoms with Gasteiger partial charge in [-0.1, -0.05) is 0 Å². The van der Waals surface area contributed by atoms with Gasteiger partial charge in [-0.2, -0.15) is 0 Å². The van der Waals surface area contributed by atoms with E-state index in [1.54, 1.807) is 24.7 Å². The largest absolute Gasteiger partial charge is 0.573 e. The van der Waals surface area contributed by atoms with E-state index in [1.807, 2.05) is 10.8 Å². The zero-order valence-electron chi connectivity index (χ0n) is 10.6. The summed E-state index contributed by atoms with van der Waals surface area (Å²) in [6.45, 7) is 1.56. The van der Waals surface area contributed by atoms with Crippen molar-refractivity contribution in [3.05, 3.63) is 43.0 Å². The van der Waals surface area contributed by atoms with Gasteiger partial charge < -0.3 is 14.6 Å². The lowest BCUT2D eigenvalue weighted by molar-refractivity contribution is -0.274. The number of nitrogens with one attached hydrogen (secondary N) is 1. The fourth-order valence-electron chi connectivity index (χ4n) is 1.69.